The van der Waals surface area contributed by atoms with Gasteiger partial charge in [0, 0.05) is 26.3 Å². The van der Waals surface area contributed by atoms with Crippen molar-refractivity contribution in [2.75, 3.05) is 26.8 Å². The summed E-state index contributed by atoms with van der Waals surface area (Å²) in [5.74, 6) is 0.0479. The average Bonchev–Trinajstić information content (AvgIpc) is 2.12. The largest absolute Gasteiger partial charge is 0.385 e. The van der Waals surface area contributed by atoms with Crippen LogP contribution in [0.2, 0.25) is 0 Å². The van der Waals surface area contributed by atoms with Crippen LogP contribution in [0.15, 0.2) is 0 Å². The van der Waals surface area contributed by atoms with Crippen LogP contribution in [-0.2, 0) is 9.53 Å². The van der Waals surface area contributed by atoms with Crippen LogP contribution in [0.1, 0.15) is 20.3 Å². The molecule has 0 radical (unpaired) electrons. The summed E-state index contributed by atoms with van der Waals surface area (Å²) in [6.45, 7) is 5.75. The molecular formula is C9H20N2O2. The van der Waals surface area contributed by atoms with E-state index in [4.69, 9.17) is 4.74 Å². The van der Waals surface area contributed by atoms with E-state index in [0.29, 0.717) is 19.1 Å². The van der Waals surface area contributed by atoms with Gasteiger partial charge in [0.1, 0.15) is 0 Å². The fraction of sp³-hybridized carbons (Fsp3) is 0.889. The van der Waals surface area contributed by atoms with Gasteiger partial charge in [0.25, 0.3) is 0 Å². The van der Waals surface area contributed by atoms with E-state index in [9.17, 15) is 4.79 Å². The SMILES string of the molecule is CCNC(=O)CNC(C)CCOC. The van der Waals surface area contributed by atoms with Crippen molar-refractivity contribution >= 4 is 5.91 Å². The second-order valence-corrected chi connectivity index (χ2v) is 3.02. The summed E-state index contributed by atoms with van der Waals surface area (Å²) in [5, 5.41) is 5.83. The number of nitrogens with one attached hydrogen (secondary N) is 2. The van der Waals surface area contributed by atoms with Crippen LogP contribution in [0.3, 0.4) is 0 Å². The van der Waals surface area contributed by atoms with E-state index in [0.717, 1.165) is 13.0 Å². The van der Waals surface area contributed by atoms with Crippen LogP contribution in [0.4, 0.5) is 0 Å². The summed E-state index contributed by atoms with van der Waals surface area (Å²) in [6.07, 6.45) is 0.926. The van der Waals surface area contributed by atoms with Crippen molar-refractivity contribution in [2.24, 2.45) is 0 Å². The summed E-state index contributed by atoms with van der Waals surface area (Å²) in [6, 6.07) is 0.322. The van der Waals surface area contributed by atoms with Crippen LogP contribution in [0, 0.1) is 0 Å². The highest BCUT2D eigenvalue weighted by atomic mass is 16.5. The third-order valence-electron chi connectivity index (χ3n) is 1.74. The maximum Gasteiger partial charge on any atom is 0.233 e. The van der Waals surface area contributed by atoms with Gasteiger partial charge >= 0.3 is 0 Å². The molecule has 4 heteroatoms. The number of hydrogen-bond acceptors (Lipinski definition) is 3. The molecular weight excluding hydrogens is 168 g/mol. The lowest BCUT2D eigenvalue weighted by Crippen LogP contribution is -2.38. The Kier molecular flexibility index (Phi) is 7.63. The summed E-state index contributed by atoms with van der Waals surface area (Å²) < 4.78 is 4.93. The fourth-order valence-electron chi connectivity index (χ4n) is 0.923. The predicted molar refractivity (Wildman–Crippen MR) is 52.6 cm³/mol. The lowest BCUT2D eigenvalue weighted by Gasteiger charge is -2.12. The van der Waals surface area contributed by atoms with E-state index in [1.807, 2.05) is 13.8 Å². The van der Waals surface area contributed by atoms with E-state index >= 15 is 0 Å². The van der Waals surface area contributed by atoms with E-state index in [-0.39, 0.29) is 5.91 Å². The minimum absolute atomic E-state index is 0.0479. The normalized spacial score (nSPS) is 12.5. The number of hydrogen-bond donors (Lipinski definition) is 2. The molecule has 0 bridgehead atoms. The number of methoxy groups -OCH3 is 1. The minimum Gasteiger partial charge on any atom is -0.385 e. The van der Waals surface area contributed by atoms with Crippen molar-refractivity contribution in [3.05, 3.63) is 0 Å². The molecule has 0 saturated heterocycles. The molecule has 0 saturated carbocycles. The van der Waals surface area contributed by atoms with Crippen molar-refractivity contribution in [1.29, 1.82) is 0 Å². The molecule has 0 aliphatic rings. The Labute approximate surface area is 80.0 Å². The van der Waals surface area contributed by atoms with Crippen molar-refractivity contribution < 1.29 is 9.53 Å². The van der Waals surface area contributed by atoms with Gasteiger partial charge in [-0.15, -0.1) is 0 Å². The molecule has 0 aromatic carbocycles. The Bertz CT molecular complexity index is 140. The van der Waals surface area contributed by atoms with E-state index in [1.54, 1.807) is 7.11 Å². The van der Waals surface area contributed by atoms with Gasteiger partial charge in [-0.2, -0.15) is 0 Å². The molecule has 1 amide bonds. The third kappa shape index (κ3) is 7.74. The number of ether oxygens (including phenoxy) is 1. The van der Waals surface area contributed by atoms with Crippen LogP contribution in [-0.4, -0.2) is 38.8 Å². The molecule has 0 aromatic rings. The van der Waals surface area contributed by atoms with Crippen LogP contribution < -0.4 is 10.6 Å². The maximum absolute atomic E-state index is 11.0. The Balaban J connectivity index is 3.34. The molecule has 0 spiro atoms. The van der Waals surface area contributed by atoms with Crippen LogP contribution in [0.25, 0.3) is 0 Å². The standard InChI is InChI=1S/C9H20N2O2/c1-4-10-9(12)7-11-8(2)5-6-13-3/h8,11H,4-7H2,1-3H3,(H,10,12). The van der Waals surface area contributed by atoms with Crippen LogP contribution in [0.5, 0.6) is 0 Å². The highest BCUT2D eigenvalue weighted by molar-refractivity contribution is 5.77. The van der Waals surface area contributed by atoms with Crippen molar-refractivity contribution in [3.63, 3.8) is 0 Å². The lowest BCUT2D eigenvalue weighted by molar-refractivity contribution is -0.120. The smallest absolute Gasteiger partial charge is 0.233 e. The van der Waals surface area contributed by atoms with Gasteiger partial charge < -0.3 is 15.4 Å². The minimum atomic E-state index is 0.0479. The van der Waals surface area contributed by atoms with Crippen molar-refractivity contribution in [1.82, 2.24) is 10.6 Å². The molecule has 0 heterocycles. The zero-order chi connectivity index (χ0) is 10.1. The van der Waals surface area contributed by atoms with Crippen molar-refractivity contribution in [2.45, 2.75) is 26.3 Å². The molecule has 78 valence electrons. The van der Waals surface area contributed by atoms with E-state index < -0.39 is 0 Å². The molecule has 0 fully saturated rings. The second kappa shape index (κ2) is 8.01. The predicted octanol–water partition coefficient (Wildman–Crippen LogP) is 0.137. The number of carbonyl (C=O) groups is 1. The van der Waals surface area contributed by atoms with Crippen LogP contribution >= 0.6 is 0 Å². The molecule has 4 nitrogen and oxygen atoms in total. The van der Waals surface area contributed by atoms with Gasteiger partial charge in [-0.1, -0.05) is 0 Å². The van der Waals surface area contributed by atoms with Gasteiger partial charge in [-0.3, -0.25) is 4.79 Å². The Morgan fingerprint density at radius 1 is 1.54 bits per heavy atom. The quantitative estimate of drug-likeness (QED) is 0.597. The van der Waals surface area contributed by atoms with Crippen molar-refractivity contribution in [3.8, 4) is 0 Å². The molecule has 0 aromatic heterocycles. The highest BCUT2D eigenvalue weighted by Crippen LogP contribution is 1.89. The first-order chi connectivity index (χ1) is 6.20. The molecule has 13 heavy (non-hydrogen) atoms. The number of likely N-dealkylation sites (N-methyl/N-ethyl adjacent to an activating group) is 1. The third-order valence-corrected chi connectivity index (χ3v) is 1.74. The maximum atomic E-state index is 11.0. The summed E-state index contributed by atoms with van der Waals surface area (Å²) in [7, 11) is 1.68. The molecule has 0 aliphatic carbocycles. The monoisotopic (exact) mass is 188 g/mol. The summed E-state index contributed by atoms with van der Waals surface area (Å²) in [5.41, 5.74) is 0. The zero-order valence-electron chi connectivity index (χ0n) is 8.72. The number of rotatable bonds is 7. The zero-order valence-corrected chi connectivity index (χ0v) is 8.72. The first-order valence-electron chi connectivity index (χ1n) is 4.69. The van der Waals surface area contributed by atoms with Gasteiger partial charge in [0.2, 0.25) is 5.91 Å². The van der Waals surface area contributed by atoms with Gasteiger partial charge in [-0.05, 0) is 20.3 Å². The first kappa shape index (κ1) is 12.4. The molecule has 0 rings (SSSR count). The van der Waals surface area contributed by atoms with E-state index in [2.05, 4.69) is 10.6 Å². The number of carbonyl (C=O) groups excluding carboxylic acids is 1. The molecule has 1 atom stereocenters. The Morgan fingerprint density at radius 2 is 2.23 bits per heavy atom. The van der Waals surface area contributed by atoms with E-state index in [1.165, 1.54) is 0 Å². The second-order valence-electron chi connectivity index (χ2n) is 3.02. The highest BCUT2D eigenvalue weighted by Gasteiger charge is 2.03. The average molecular weight is 188 g/mol. The summed E-state index contributed by atoms with van der Waals surface area (Å²) >= 11 is 0. The van der Waals surface area contributed by atoms with Gasteiger partial charge in [-0.25, -0.2) is 0 Å². The van der Waals surface area contributed by atoms with Gasteiger partial charge in [0.05, 0.1) is 6.54 Å². The topological polar surface area (TPSA) is 50.4 Å². The molecule has 0 aliphatic heterocycles. The Morgan fingerprint density at radius 3 is 2.77 bits per heavy atom. The summed E-state index contributed by atoms with van der Waals surface area (Å²) in [4.78, 5) is 11.0. The lowest BCUT2D eigenvalue weighted by atomic mass is 10.2. The molecule has 2 N–H and O–H groups in total. The van der Waals surface area contributed by atoms with Gasteiger partial charge in [0.15, 0.2) is 0 Å². The number of amides is 1. The Hall–Kier alpha value is -0.610. The fourth-order valence-corrected chi connectivity index (χ4v) is 0.923. The molecule has 1 unspecified atom stereocenters. The first-order valence-corrected chi connectivity index (χ1v) is 4.69.